The first-order valence-corrected chi connectivity index (χ1v) is 10.1. The monoisotopic (exact) mass is 419 g/mol. The van der Waals surface area contributed by atoms with Crippen molar-refractivity contribution < 1.29 is 23.9 Å². The summed E-state index contributed by atoms with van der Waals surface area (Å²) in [7, 11) is 0. The number of benzene rings is 1. The zero-order chi connectivity index (χ0) is 20.8. The smallest absolute Gasteiger partial charge is 0.308 e. The van der Waals surface area contributed by atoms with Crippen molar-refractivity contribution >= 4 is 35.1 Å². The van der Waals surface area contributed by atoms with Crippen LogP contribution in [0.25, 0.3) is 0 Å². The number of carbonyl (C=O) groups is 3. The summed E-state index contributed by atoms with van der Waals surface area (Å²) in [6, 6.07) is 6.29. The van der Waals surface area contributed by atoms with Gasteiger partial charge in [0.1, 0.15) is 12.6 Å². The highest BCUT2D eigenvalue weighted by atomic mass is 32.1. The Bertz CT molecular complexity index is 794. The molecule has 0 aliphatic carbocycles. The Balaban J connectivity index is 1.59. The highest BCUT2D eigenvalue weighted by Gasteiger charge is 2.34. The number of rotatable bonds is 5. The second-order valence-electron chi connectivity index (χ2n) is 7.15. The maximum Gasteiger partial charge on any atom is 0.308 e. The van der Waals surface area contributed by atoms with Crippen molar-refractivity contribution in [2.24, 2.45) is 0 Å². The highest BCUT2D eigenvalue weighted by Crippen LogP contribution is 2.14. The number of esters is 1. The number of ether oxygens (including phenoxy) is 2. The van der Waals surface area contributed by atoms with Gasteiger partial charge >= 0.3 is 5.97 Å². The van der Waals surface area contributed by atoms with E-state index in [0.29, 0.717) is 25.3 Å². The van der Waals surface area contributed by atoms with Crippen LogP contribution in [-0.4, -0.2) is 66.2 Å². The molecular formula is C20H25N3O5S. The Kier molecular flexibility index (Phi) is 7.16. The van der Waals surface area contributed by atoms with Crippen molar-refractivity contribution in [1.82, 2.24) is 15.5 Å². The number of piperazine rings is 1. The lowest BCUT2D eigenvalue weighted by molar-refractivity contribution is -0.150. The predicted octanol–water partition coefficient (Wildman–Crippen LogP) is 0.922. The average molecular weight is 420 g/mol. The van der Waals surface area contributed by atoms with E-state index < -0.39 is 12.0 Å². The van der Waals surface area contributed by atoms with Crippen LogP contribution in [0.15, 0.2) is 24.3 Å². The summed E-state index contributed by atoms with van der Waals surface area (Å²) in [5.74, 6) is -1.18. The van der Waals surface area contributed by atoms with E-state index in [1.165, 1.54) is 0 Å². The van der Waals surface area contributed by atoms with Crippen molar-refractivity contribution in [3.63, 3.8) is 0 Å². The lowest BCUT2D eigenvalue weighted by Gasteiger charge is -2.36. The Hall–Kier alpha value is -2.52. The molecule has 1 aromatic carbocycles. The number of carbonyl (C=O) groups excluding carboxylic acids is 3. The van der Waals surface area contributed by atoms with Crippen LogP contribution in [0.2, 0.25) is 0 Å². The fraction of sp³-hybridized carbons (Fsp3) is 0.500. The molecule has 2 unspecified atom stereocenters. The molecule has 29 heavy (non-hydrogen) atoms. The van der Waals surface area contributed by atoms with Crippen molar-refractivity contribution in [1.29, 1.82) is 0 Å². The third-order valence-electron chi connectivity index (χ3n) is 4.91. The van der Waals surface area contributed by atoms with E-state index in [9.17, 15) is 14.4 Å². The molecule has 0 saturated carbocycles. The molecule has 0 aromatic heterocycles. The van der Waals surface area contributed by atoms with Gasteiger partial charge in [-0.25, -0.2) is 0 Å². The number of amides is 2. The lowest BCUT2D eigenvalue weighted by atomic mass is 10.1. The van der Waals surface area contributed by atoms with Crippen LogP contribution >= 0.6 is 12.2 Å². The van der Waals surface area contributed by atoms with Gasteiger partial charge in [-0.3, -0.25) is 19.7 Å². The maximum atomic E-state index is 12.5. The summed E-state index contributed by atoms with van der Waals surface area (Å²) >= 11 is 5.36. The van der Waals surface area contributed by atoms with Crippen LogP contribution in [0.4, 0.5) is 0 Å². The van der Waals surface area contributed by atoms with E-state index in [1.807, 2.05) is 13.0 Å². The van der Waals surface area contributed by atoms with Gasteiger partial charge in [0, 0.05) is 25.3 Å². The number of aryl methyl sites for hydroxylation is 1. The molecule has 2 aliphatic rings. The minimum atomic E-state index is -0.828. The Labute approximate surface area is 174 Å². The largest absolute Gasteiger partial charge is 0.463 e. The topological polar surface area (TPSA) is 97.0 Å². The number of thiocarbonyl (C=S) groups is 1. The van der Waals surface area contributed by atoms with Gasteiger partial charge in [-0.1, -0.05) is 17.7 Å². The zero-order valence-corrected chi connectivity index (χ0v) is 17.1. The van der Waals surface area contributed by atoms with E-state index in [1.54, 1.807) is 23.1 Å². The molecule has 2 heterocycles. The molecule has 0 spiro atoms. The normalized spacial score (nSPS) is 21.4. The van der Waals surface area contributed by atoms with Gasteiger partial charge in [0.2, 0.25) is 5.91 Å². The molecule has 9 heteroatoms. The molecule has 2 saturated heterocycles. The molecule has 1 aromatic rings. The standard InChI is InChI=1S/C20H25N3O5S/c1-13-4-2-5-14(10-13)18(25)22-20(29)23-8-7-21-19(26)16(23)11-17(24)28-12-15-6-3-9-27-15/h2,4-5,10,15-16H,3,6-9,11-12H2,1H3,(H,21,26)(H,22,25,29). The third kappa shape index (κ3) is 5.74. The van der Waals surface area contributed by atoms with Gasteiger partial charge < -0.3 is 19.7 Å². The van der Waals surface area contributed by atoms with Crippen molar-refractivity contribution in [3.05, 3.63) is 35.4 Å². The summed E-state index contributed by atoms with van der Waals surface area (Å²) in [5, 5.41) is 5.50. The molecule has 2 atom stereocenters. The van der Waals surface area contributed by atoms with Crippen LogP contribution in [0.5, 0.6) is 0 Å². The van der Waals surface area contributed by atoms with E-state index in [0.717, 1.165) is 18.4 Å². The van der Waals surface area contributed by atoms with E-state index >= 15 is 0 Å². The Morgan fingerprint density at radius 1 is 1.41 bits per heavy atom. The molecule has 3 rings (SSSR count). The Morgan fingerprint density at radius 3 is 2.97 bits per heavy atom. The zero-order valence-electron chi connectivity index (χ0n) is 16.3. The van der Waals surface area contributed by atoms with Crippen LogP contribution in [0, 0.1) is 6.92 Å². The first kappa shape index (κ1) is 21.2. The number of nitrogens with one attached hydrogen (secondary N) is 2. The third-order valence-corrected chi connectivity index (χ3v) is 5.24. The highest BCUT2D eigenvalue weighted by molar-refractivity contribution is 7.80. The van der Waals surface area contributed by atoms with Gasteiger partial charge in [0.15, 0.2) is 5.11 Å². The second kappa shape index (κ2) is 9.80. The SMILES string of the molecule is Cc1cccc(C(=O)NC(=S)N2CCNC(=O)C2CC(=O)OCC2CCCO2)c1. The fourth-order valence-electron chi connectivity index (χ4n) is 3.37. The average Bonchev–Trinajstić information content (AvgIpc) is 3.21. The summed E-state index contributed by atoms with van der Waals surface area (Å²) in [4.78, 5) is 38.6. The summed E-state index contributed by atoms with van der Waals surface area (Å²) < 4.78 is 10.7. The summed E-state index contributed by atoms with van der Waals surface area (Å²) in [6.45, 7) is 3.52. The van der Waals surface area contributed by atoms with Crippen molar-refractivity contribution in [2.75, 3.05) is 26.3 Å². The van der Waals surface area contributed by atoms with E-state index in [2.05, 4.69) is 10.6 Å². The van der Waals surface area contributed by atoms with E-state index in [4.69, 9.17) is 21.7 Å². The minimum Gasteiger partial charge on any atom is -0.463 e. The minimum absolute atomic E-state index is 0.0788. The lowest BCUT2D eigenvalue weighted by Crippen LogP contribution is -2.60. The van der Waals surface area contributed by atoms with Gasteiger partial charge in [-0.2, -0.15) is 0 Å². The Morgan fingerprint density at radius 2 is 2.24 bits per heavy atom. The number of hydrogen-bond donors (Lipinski definition) is 2. The summed E-state index contributed by atoms with van der Waals surface area (Å²) in [6.07, 6.45) is 1.58. The van der Waals surface area contributed by atoms with Gasteiger partial charge in [-0.15, -0.1) is 0 Å². The molecule has 2 fully saturated rings. The van der Waals surface area contributed by atoms with Crippen LogP contribution in [0.1, 0.15) is 35.2 Å². The number of nitrogens with zero attached hydrogens (tertiary/aromatic N) is 1. The van der Waals surface area contributed by atoms with Crippen molar-refractivity contribution in [2.45, 2.75) is 38.3 Å². The van der Waals surface area contributed by atoms with Crippen LogP contribution in [-0.2, 0) is 19.1 Å². The summed E-state index contributed by atoms with van der Waals surface area (Å²) in [5.41, 5.74) is 1.43. The predicted molar refractivity (Wildman–Crippen MR) is 109 cm³/mol. The second-order valence-corrected chi connectivity index (χ2v) is 7.54. The fourth-order valence-corrected chi connectivity index (χ4v) is 3.68. The molecule has 2 amide bonds. The molecule has 0 bridgehead atoms. The van der Waals surface area contributed by atoms with E-state index in [-0.39, 0.29) is 36.1 Å². The van der Waals surface area contributed by atoms with Gasteiger partial charge in [0.05, 0.1) is 12.5 Å². The molecule has 8 nitrogen and oxygen atoms in total. The first-order chi connectivity index (χ1) is 13.9. The first-order valence-electron chi connectivity index (χ1n) is 9.67. The van der Waals surface area contributed by atoms with Crippen LogP contribution in [0.3, 0.4) is 0 Å². The quantitative estimate of drug-likeness (QED) is 0.541. The number of hydrogen-bond acceptors (Lipinski definition) is 6. The molecule has 2 N–H and O–H groups in total. The van der Waals surface area contributed by atoms with Crippen LogP contribution < -0.4 is 10.6 Å². The molecular weight excluding hydrogens is 394 g/mol. The van der Waals surface area contributed by atoms with Gasteiger partial charge in [-0.05, 0) is 44.1 Å². The molecule has 2 aliphatic heterocycles. The van der Waals surface area contributed by atoms with Crippen molar-refractivity contribution in [3.8, 4) is 0 Å². The molecule has 156 valence electrons. The maximum absolute atomic E-state index is 12.5. The molecule has 0 radical (unpaired) electrons. The van der Waals surface area contributed by atoms with Gasteiger partial charge in [0.25, 0.3) is 5.91 Å².